The van der Waals surface area contributed by atoms with Gasteiger partial charge in [0.25, 0.3) is 0 Å². The topological polar surface area (TPSA) is 56.7 Å². The predicted octanol–water partition coefficient (Wildman–Crippen LogP) is 2.26. The molecule has 0 aliphatic heterocycles. The molecule has 0 spiro atoms. The number of fused-ring (bicyclic) bond motifs is 1. The van der Waals surface area contributed by atoms with Gasteiger partial charge in [-0.25, -0.2) is 9.37 Å². The smallest absolute Gasteiger partial charge is 0.125 e. The number of nitrogens with two attached hydrogens (primary N) is 1. The van der Waals surface area contributed by atoms with Gasteiger partial charge in [-0.3, -0.25) is 4.68 Å². The van der Waals surface area contributed by atoms with Crippen LogP contribution in [-0.2, 0) is 6.54 Å². The van der Waals surface area contributed by atoms with Crippen LogP contribution in [0, 0.1) is 5.82 Å². The highest BCUT2D eigenvalue weighted by Gasteiger charge is 2.06. The van der Waals surface area contributed by atoms with Crippen LogP contribution >= 0.6 is 11.3 Å². The molecular weight excluding hydrogens is 239 g/mol. The summed E-state index contributed by atoms with van der Waals surface area (Å²) < 4.78 is 15.7. The van der Waals surface area contributed by atoms with E-state index in [1.54, 1.807) is 23.1 Å². The summed E-state index contributed by atoms with van der Waals surface area (Å²) in [5, 5.41) is 4.97. The molecular formula is C11H9FN4S. The number of anilines is 1. The van der Waals surface area contributed by atoms with Gasteiger partial charge in [-0.1, -0.05) is 0 Å². The molecule has 3 rings (SSSR count). The predicted molar refractivity (Wildman–Crippen MR) is 65.3 cm³/mol. The number of nitrogens with zero attached hydrogens (tertiary/aromatic N) is 3. The maximum absolute atomic E-state index is 13.0. The Balaban J connectivity index is 1.95. The Labute approximate surface area is 101 Å². The van der Waals surface area contributed by atoms with Crippen LogP contribution in [0.2, 0.25) is 0 Å². The van der Waals surface area contributed by atoms with Crippen LogP contribution < -0.4 is 5.73 Å². The van der Waals surface area contributed by atoms with Gasteiger partial charge < -0.3 is 5.73 Å². The number of aromatic nitrogens is 3. The van der Waals surface area contributed by atoms with Crippen molar-refractivity contribution in [3.63, 3.8) is 0 Å². The number of hydrogen-bond acceptors (Lipinski definition) is 4. The number of nitrogen functional groups attached to an aromatic ring is 1. The molecule has 0 fully saturated rings. The summed E-state index contributed by atoms with van der Waals surface area (Å²) in [6, 6.07) is 4.62. The van der Waals surface area contributed by atoms with Crippen molar-refractivity contribution in [2.75, 3.05) is 5.73 Å². The number of halogens is 1. The summed E-state index contributed by atoms with van der Waals surface area (Å²) in [7, 11) is 0. The van der Waals surface area contributed by atoms with E-state index < -0.39 is 0 Å². The van der Waals surface area contributed by atoms with Gasteiger partial charge in [0.1, 0.15) is 10.8 Å². The van der Waals surface area contributed by atoms with Crippen LogP contribution in [0.15, 0.2) is 30.6 Å². The van der Waals surface area contributed by atoms with Crippen molar-refractivity contribution >= 4 is 27.2 Å². The van der Waals surface area contributed by atoms with Crippen molar-refractivity contribution < 1.29 is 4.39 Å². The number of thiazole rings is 1. The van der Waals surface area contributed by atoms with Crippen molar-refractivity contribution in [3.8, 4) is 0 Å². The maximum atomic E-state index is 13.0. The van der Waals surface area contributed by atoms with E-state index in [9.17, 15) is 4.39 Å². The second-order valence-corrected chi connectivity index (χ2v) is 4.81. The summed E-state index contributed by atoms with van der Waals surface area (Å²) in [5.74, 6) is -0.266. The van der Waals surface area contributed by atoms with Crippen molar-refractivity contribution in [3.05, 3.63) is 41.4 Å². The summed E-state index contributed by atoms with van der Waals surface area (Å²) in [6.45, 7) is 0.554. The van der Waals surface area contributed by atoms with Crippen LogP contribution in [0.5, 0.6) is 0 Å². The molecule has 2 N–H and O–H groups in total. The van der Waals surface area contributed by atoms with Gasteiger partial charge in [-0.2, -0.15) is 5.10 Å². The fraction of sp³-hybridized carbons (Fsp3) is 0.0909. The number of benzene rings is 1. The Bertz CT molecular complexity index is 673. The lowest BCUT2D eigenvalue weighted by molar-refractivity contribution is 0.629. The molecule has 0 unspecified atom stereocenters. The first-order valence-electron chi connectivity index (χ1n) is 5.03. The van der Waals surface area contributed by atoms with Crippen molar-refractivity contribution in [1.82, 2.24) is 14.8 Å². The van der Waals surface area contributed by atoms with E-state index in [1.165, 1.54) is 23.5 Å². The quantitative estimate of drug-likeness (QED) is 0.756. The fourth-order valence-corrected chi connectivity index (χ4v) is 2.56. The zero-order valence-electron chi connectivity index (χ0n) is 8.80. The first kappa shape index (κ1) is 10.2. The highest BCUT2D eigenvalue weighted by atomic mass is 32.1. The first-order chi connectivity index (χ1) is 8.20. The Morgan fingerprint density at radius 3 is 3.06 bits per heavy atom. The van der Waals surface area contributed by atoms with E-state index in [4.69, 9.17) is 5.73 Å². The Hall–Kier alpha value is -1.95. The molecule has 0 saturated heterocycles. The minimum absolute atomic E-state index is 0.266. The zero-order valence-corrected chi connectivity index (χ0v) is 9.62. The lowest BCUT2D eigenvalue weighted by Crippen LogP contribution is -1.98. The number of rotatable bonds is 2. The van der Waals surface area contributed by atoms with Crippen LogP contribution in [0.4, 0.5) is 10.1 Å². The van der Waals surface area contributed by atoms with Crippen LogP contribution in [0.25, 0.3) is 10.2 Å². The van der Waals surface area contributed by atoms with Crippen molar-refractivity contribution in [1.29, 1.82) is 0 Å². The Morgan fingerprint density at radius 1 is 1.41 bits per heavy atom. The molecule has 0 amide bonds. The fourth-order valence-electron chi connectivity index (χ4n) is 1.62. The maximum Gasteiger partial charge on any atom is 0.125 e. The Kier molecular flexibility index (Phi) is 2.29. The van der Waals surface area contributed by atoms with Crippen LogP contribution in [0.1, 0.15) is 5.01 Å². The summed E-state index contributed by atoms with van der Waals surface area (Å²) >= 11 is 1.53. The lowest BCUT2D eigenvalue weighted by atomic mass is 10.3. The van der Waals surface area contributed by atoms with Gasteiger partial charge in [0.15, 0.2) is 0 Å². The van der Waals surface area contributed by atoms with E-state index in [-0.39, 0.29) is 5.82 Å². The lowest BCUT2D eigenvalue weighted by Gasteiger charge is -1.94. The molecule has 1 aromatic carbocycles. The van der Waals surface area contributed by atoms with E-state index in [0.29, 0.717) is 17.7 Å². The highest BCUT2D eigenvalue weighted by Crippen LogP contribution is 2.23. The molecule has 2 aromatic heterocycles. The molecule has 3 aromatic rings. The van der Waals surface area contributed by atoms with Gasteiger partial charge >= 0.3 is 0 Å². The van der Waals surface area contributed by atoms with Gasteiger partial charge in [0, 0.05) is 12.3 Å². The third kappa shape index (κ3) is 1.99. The molecule has 0 radical (unpaired) electrons. The Morgan fingerprint density at radius 2 is 2.29 bits per heavy atom. The standard InChI is InChI=1S/C11H9FN4S/c12-7-1-2-10-9(3-7)15-11(17-10)6-16-5-8(13)4-14-16/h1-5H,6,13H2. The third-order valence-electron chi connectivity index (χ3n) is 2.34. The minimum Gasteiger partial charge on any atom is -0.396 e. The van der Waals surface area contributed by atoms with Gasteiger partial charge in [0.2, 0.25) is 0 Å². The third-order valence-corrected chi connectivity index (χ3v) is 3.37. The second-order valence-electron chi connectivity index (χ2n) is 3.69. The largest absolute Gasteiger partial charge is 0.396 e. The van der Waals surface area contributed by atoms with Crippen molar-refractivity contribution in [2.24, 2.45) is 0 Å². The second kappa shape index (κ2) is 3.81. The molecule has 86 valence electrons. The molecule has 0 saturated carbocycles. The summed E-state index contributed by atoms with van der Waals surface area (Å²) in [6.07, 6.45) is 3.33. The molecule has 4 nitrogen and oxygen atoms in total. The summed E-state index contributed by atoms with van der Waals surface area (Å²) in [5.41, 5.74) is 6.88. The first-order valence-corrected chi connectivity index (χ1v) is 5.85. The van der Waals surface area contributed by atoms with Gasteiger partial charge in [0.05, 0.1) is 28.6 Å². The van der Waals surface area contributed by atoms with Gasteiger partial charge in [-0.15, -0.1) is 11.3 Å². The zero-order chi connectivity index (χ0) is 11.8. The van der Waals surface area contributed by atoms with E-state index in [1.807, 2.05) is 0 Å². The molecule has 0 bridgehead atoms. The van der Waals surface area contributed by atoms with E-state index in [0.717, 1.165) is 9.71 Å². The monoisotopic (exact) mass is 248 g/mol. The molecule has 17 heavy (non-hydrogen) atoms. The highest BCUT2D eigenvalue weighted by molar-refractivity contribution is 7.18. The molecule has 2 heterocycles. The minimum atomic E-state index is -0.266. The SMILES string of the molecule is Nc1cnn(Cc2nc3cc(F)ccc3s2)c1. The average Bonchev–Trinajstić information content (AvgIpc) is 2.84. The molecule has 0 atom stereocenters. The normalized spacial score (nSPS) is 11.1. The van der Waals surface area contributed by atoms with Crippen LogP contribution in [-0.4, -0.2) is 14.8 Å². The number of hydrogen-bond donors (Lipinski definition) is 1. The van der Waals surface area contributed by atoms with E-state index in [2.05, 4.69) is 10.1 Å². The molecule has 6 heteroatoms. The molecule has 0 aliphatic carbocycles. The van der Waals surface area contributed by atoms with Crippen molar-refractivity contribution in [2.45, 2.75) is 6.54 Å². The summed E-state index contributed by atoms with van der Waals surface area (Å²) in [4.78, 5) is 4.35. The molecule has 0 aliphatic rings. The average molecular weight is 248 g/mol. The van der Waals surface area contributed by atoms with E-state index >= 15 is 0 Å². The van der Waals surface area contributed by atoms with Crippen LogP contribution in [0.3, 0.4) is 0 Å². The van der Waals surface area contributed by atoms with Gasteiger partial charge in [-0.05, 0) is 12.1 Å².